The number of nitrogens with zero attached hydrogens (tertiary/aromatic N) is 1. The molecule has 0 aliphatic carbocycles. The van der Waals surface area contributed by atoms with E-state index >= 15 is 0 Å². The molecule has 0 atom stereocenters. The highest BCUT2D eigenvalue weighted by atomic mass is 127. The second-order valence-electron chi connectivity index (χ2n) is 6.62. The van der Waals surface area contributed by atoms with Crippen LogP contribution in [-0.4, -0.2) is 29.3 Å². The molecule has 1 heterocycles. The predicted octanol–water partition coefficient (Wildman–Crippen LogP) is 7.02. The van der Waals surface area contributed by atoms with Crippen molar-refractivity contribution in [3.05, 3.63) is 60.0 Å². The summed E-state index contributed by atoms with van der Waals surface area (Å²) in [6.07, 6.45) is 2.58. The van der Waals surface area contributed by atoms with Crippen molar-refractivity contribution in [2.24, 2.45) is 0 Å². The third-order valence-electron chi connectivity index (χ3n) is 4.30. The molecule has 1 aliphatic rings. The van der Waals surface area contributed by atoms with Crippen molar-refractivity contribution >= 4 is 74.8 Å². The lowest BCUT2D eigenvalue weighted by atomic mass is 10.1. The van der Waals surface area contributed by atoms with Gasteiger partial charge in [0.1, 0.15) is 0 Å². The van der Waals surface area contributed by atoms with E-state index in [1.54, 1.807) is 24.3 Å². The number of imide groups is 1. The Morgan fingerprint density at radius 2 is 1.90 bits per heavy atom. The zero-order valence-electron chi connectivity index (χ0n) is 16.9. The maximum absolute atomic E-state index is 12.9. The van der Waals surface area contributed by atoms with E-state index in [4.69, 9.17) is 32.7 Å². The number of rotatable bonds is 8. The largest absolute Gasteiger partial charge is 0.490 e. The van der Waals surface area contributed by atoms with Gasteiger partial charge in [0.25, 0.3) is 11.1 Å². The molecule has 2 amide bonds. The molecule has 1 aliphatic heterocycles. The fourth-order valence-electron chi connectivity index (χ4n) is 2.89. The van der Waals surface area contributed by atoms with Gasteiger partial charge in [-0.25, -0.2) is 0 Å². The molecule has 0 saturated carbocycles. The van der Waals surface area contributed by atoms with Gasteiger partial charge in [0.15, 0.2) is 11.5 Å². The van der Waals surface area contributed by atoms with Crippen molar-refractivity contribution in [2.75, 3.05) is 13.2 Å². The normalized spacial score (nSPS) is 15.1. The Hall–Kier alpha value is -1.42. The zero-order valence-corrected chi connectivity index (χ0v) is 21.4. The van der Waals surface area contributed by atoms with Crippen LogP contribution in [0.5, 0.6) is 11.5 Å². The molecule has 164 valence electrons. The average molecular weight is 592 g/mol. The number of hydrogen-bond acceptors (Lipinski definition) is 5. The molecule has 2 aromatic rings. The van der Waals surface area contributed by atoms with E-state index in [-0.39, 0.29) is 17.7 Å². The fraction of sp³-hybridized carbons (Fsp3) is 0.273. The summed E-state index contributed by atoms with van der Waals surface area (Å²) in [6, 6.07) is 8.70. The molecule has 0 radical (unpaired) electrons. The van der Waals surface area contributed by atoms with E-state index in [1.165, 1.54) is 4.90 Å². The lowest BCUT2D eigenvalue weighted by Gasteiger charge is -2.14. The van der Waals surface area contributed by atoms with Crippen LogP contribution in [0.2, 0.25) is 10.0 Å². The van der Waals surface area contributed by atoms with E-state index in [0.717, 1.165) is 27.3 Å². The molecule has 2 aromatic carbocycles. The molecule has 1 fully saturated rings. The number of halogens is 3. The summed E-state index contributed by atoms with van der Waals surface area (Å²) < 4.78 is 12.4. The Morgan fingerprint density at radius 3 is 2.58 bits per heavy atom. The van der Waals surface area contributed by atoms with Crippen molar-refractivity contribution in [3.63, 3.8) is 0 Å². The summed E-state index contributed by atoms with van der Waals surface area (Å²) in [4.78, 5) is 26.9. The van der Waals surface area contributed by atoms with Crippen LogP contribution in [-0.2, 0) is 11.3 Å². The molecule has 9 heteroatoms. The first kappa shape index (κ1) is 24.2. The van der Waals surface area contributed by atoms with Crippen LogP contribution in [0, 0.1) is 3.57 Å². The SMILES string of the molecule is CCCOc1c(I)cc(/C=C2\SC(=O)N(Cc3ccc(Cl)cc3Cl)C2=O)cc1OCC. The van der Waals surface area contributed by atoms with Gasteiger partial charge < -0.3 is 9.47 Å². The molecular formula is C22H20Cl2INO4S. The number of benzene rings is 2. The number of amides is 2. The first-order valence-corrected chi connectivity index (χ1v) is 12.3. The van der Waals surface area contributed by atoms with Crippen LogP contribution < -0.4 is 9.47 Å². The van der Waals surface area contributed by atoms with Gasteiger partial charge in [-0.1, -0.05) is 36.2 Å². The molecule has 0 unspecified atom stereocenters. The van der Waals surface area contributed by atoms with Crippen LogP contribution in [0.4, 0.5) is 4.79 Å². The van der Waals surface area contributed by atoms with Crippen LogP contribution in [0.15, 0.2) is 35.2 Å². The van der Waals surface area contributed by atoms with Crippen LogP contribution >= 0.6 is 57.6 Å². The third-order valence-corrected chi connectivity index (χ3v) is 6.59. The third kappa shape index (κ3) is 5.88. The van der Waals surface area contributed by atoms with Gasteiger partial charge in [0.05, 0.1) is 28.2 Å². The van der Waals surface area contributed by atoms with Gasteiger partial charge in [-0.05, 0) is 89.2 Å². The Kier molecular flexibility index (Phi) is 8.55. The standard InChI is InChI=1S/C22H20Cl2INO4S/c1-3-7-30-20-17(25)8-13(9-18(20)29-4-2)10-19-21(27)26(22(28)31-19)12-14-5-6-15(23)11-16(14)24/h5-6,8-11H,3-4,7,12H2,1-2H3/b19-10-. The summed E-state index contributed by atoms with van der Waals surface area (Å²) in [6.45, 7) is 5.09. The average Bonchev–Trinajstić information content (AvgIpc) is 2.97. The smallest absolute Gasteiger partial charge is 0.293 e. The monoisotopic (exact) mass is 591 g/mol. The van der Waals surface area contributed by atoms with Gasteiger partial charge in [0.2, 0.25) is 0 Å². The highest BCUT2D eigenvalue weighted by Crippen LogP contribution is 2.38. The van der Waals surface area contributed by atoms with Crippen molar-refractivity contribution in [2.45, 2.75) is 26.8 Å². The molecule has 3 rings (SSSR count). The summed E-state index contributed by atoms with van der Waals surface area (Å²) in [5, 5.41) is 0.563. The molecule has 0 bridgehead atoms. The van der Waals surface area contributed by atoms with Gasteiger partial charge >= 0.3 is 0 Å². The molecule has 1 saturated heterocycles. The maximum Gasteiger partial charge on any atom is 0.293 e. The van der Waals surface area contributed by atoms with Crippen LogP contribution in [0.25, 0.3) is 6.08 Å². The minimum atomic E-state index is -0.361. The van der Waals surface area contributed by atoms with Gasteiger partial charge in [0, 0.05) is 10.0 Å². The zero-order chi connectivity index (χ0) is 22.5. The van der Waals surface area contributed by atoms with Crippen LogP contribution in [0.1, 0.15) is 31.4 Å². The van der Waals surface area contributed by atoms with Crippen molar-refractivity contribution in [1.82, 2.24) is 4.90 Å². The molecule has 31 heavy (non-hydrogen) atoms. The Labute approximate surface area is 209 Å². The lowest BCUT2D eigenvalue weighted by Crippen LogP contribution is -2.27. The Bertz CT molecular complexity index is 1040. The minimum Gasteiger partial charge on any atom is -0.490 e. The highest BCUT2D eigenvalue weighted by molar-refractivity contribution is 14.1. The molecule has 0 aromatic heterocycles. The Morgan fingerprint density at radius 1 is 1.13 bits per heavy atom. The number of thioether (sulfide) groups is 1. The summed E-state index contributed by atoms with van der Waals surface area (Å²) in [7, 11) is 0. The number of ether oxygens (including phenoxy) is 2. The van der Waals surface area contributed by atoms with Crippen molar-refractivity contribution < 1.29 is 19.1 Å². The number of hydrogen-bond donors (Lipinski definition) is 0. The first-order valence-electron chi connectivity index (χ1n) is 9.62. The lowest BCUT2D eigenvalue weighted by molar-refractivity contribution is -0.123. The summed E-state index contributed by atoms with van der Waals surface area (Å²) in [5.74, 6) is 0.938. The number of carbonyl (C=O) groups is 2. The molecule has 0 N–H and O–H groups in total. The molecular weight excluding hydrogens is 572 g/mol. The van der Waals surface area contributed by atoms with E-state index in [0.29, 0.717) is 45.2 Å². The Balaban J connectivity index is 1.86. The van der Waals surface area contributed by atoms with Crippen molar-refractivity contribution in [1.29, 1.82) is 0 Å². The van der Waals surface area contributed by atoms with Gasteiger partial charge in [-0.15, -0.1) is 0 Å². The van der Waals surface area contributed by atoms with Crippen molar-refractivity contribution in [3.8, 4) is 11.5 Å². The number of carbonyl (C=O) groups excluding carboxylic acids is 2. The summed E-state index contributed by atoms with van der Waals surface area (Å²) in [5.41, 5.74) is 1.41. The van der Waals surface area contributed by atoms with Gasteiger partial charge in [-0.3, -0.25) is 14.5 Å². The second-order valence-corrected chi connectivity index (χ2v) is 9.61. The first-order chi connectivity index (χ1) is 14.8. The highest BCUT2D eigenvalue weighted by Gasteiger charge is 2.35. The van der Waals surface area contributed by atoms with E-state index in [1.807, 2.05) is 26.0 Å². The van der Waals surface area contributed by atoms with E-state index in [2.05, 4.69) is 22.6 Å². The minimum absolute atomic E-state index is 0.0868. The van der Waals surface area contributed by atoms with E-state index in [9.17, 15) is 9.59 Å². The predicted molar refractivity (Wildman–Crippen MR) is 134 cm³/mol. The fourth-order valence-corrected chi connectivity index (χ4v) is 4.97. The quantitative estimate of drug-likeness (QED) is 0.244. The van der Waals surface area contributed by atoms with Crippen LogP contribution in [0.3, 0.4) is 0 Å². The second kappa shape index (κ2) is 10.9. The molecule has 0 spiro atoms. The topological polar surface area (TPSA) is 55.8 Å². The van der Waals surface area contributed by atoms with E-state index < -0.39 is 0 Å². The summed E-state index contributed by atoms with van der Waals surface area (Å²) >= 11 is 15.2. The maximum atomic E-state index is 12.9. The van der Waals surface area contributed by atoms with Gasteiger partial charge in [-0.2, -0.15) is 0 Å². The molecule has 5 nitrogen and oxygen atoms in total.